The normalized spacial score (nSPS) is 17.9. The quantitative estimate of drug-likeness (QED) is 0.654. The second-order valence-corrected chi connectivity index (χ2v) is 6.61. The molecule has 1 aromatic rings. The van der Waals surface area contributed by atoms with Crippen molar-refractivity contribution in [2.75, 3.05) is 18.0 Å². The summed E-state index contributed by atoms with van der Waals surface area (Å²) in [6.45, 7) is 9.26. The highest BCUT2D eigenvalue weighted by atomic mass is 15.1. The van der Waals surface area contributed by atoms with Crippen LogP contribution in [0.25, 0.3) is 0 Å². The molecule has 1 aliphatic carbocycles. The van der Waals surface area contributed by atoms with Gasteiger partial charge in [-0.15, -0.1) is 0 Å². The van der Waals surface area contributed by atoms with E-state index >= 15 is 0 Å². The zero-order valence-corrected chi connectivity index (χ0v) is 13.6. The lowest BCUT2D eigenvalue weighted by molar-refractivity contribution is 0.177. The van der Waals surface area contributed by atoms with Gasteiger partial charge >= 0.3 is 0 Å². The molecule has 1 nitrogen and oxygen atoms in total. The van der Waals surface area contributed by atoms with E-state index in [-0.39, 0.29) is 0 Å². The van der Waals surface area contributed by atoms with Gasteiger partial charge in [-0.25, -0.2) is 0 Å². The van der Waals surface area contributed by atoms with Gasteiger partial charge in [0, 0.05) is 18.8 Å². The summed E-state index contributed by atoms with van der Waals surface area (Å²) in [6, 6.07) is 8.86. The van der Waals surface area contributed by atoms with Crippen molar-refractivity contribution in [1.29, 1.82) is 0 Å². The van der Waals surface area contributed by atoms with Gasteiger partial charge in [-0.1, -0.05) is 50.8 Å². The summed E-state index contributed by atoms with van der Waals surface area (Å²) in [5, 5.41) is 0. The molecule has 2 rings (SSSR count). The number of hydrogen-bond donors (Lipinski definition) is 0. The third-order valence-electron chi connectivity index (χ3n) is 5.06. The maximum absolute atomic E-state index is 2.62. The van der Waals surface area contributed by atoms with Crippen LogP contribution in [0.4, 0.5) is 5.69 Å². The minimum Gasteiger partial charge on any atom is -0.371 e. The second-order valence-electron chi connectivity index (χ2n) is 6.61. The molecule has 0 spiro atoms. The van der Waals surface area contributed by atoms with Crippen molar-refractivity contribution in [3.8, 4) is 0 Å². The highest BCUT2D eigenvalue weighted by Gasteiger charge is 2.33. The largest absolute Gasteiger partial charge is 0.371 e. The van der Waals surface area contributed by atoms with Gasteiger partial charge < -0.3 is 4.90 Å². The van der Waals surface area contributed by atoms with E-state index in [2.05, 4.69) is 49.9 Å². The highest BCUT2D eigenvalue weighted by Crippen LogP contribution is 2.41. The molecule has 0 aliphatic heterocycles. The van der Waals surface area contributed by atoms with Gasteiger partial charge in [-0.05, 0) is 50.2 Å². The Morgan fingerprint density at radius 3 is 2.35 bits per heavy atom. The Morgan fingerprint density at radius 2 is 1.75 bits per heavy atom. The van der Waals surface area contributed by atoms with Crippen LogP contribution in [0, 0.1) is 12.3 Å². The molecule has 0 aromatic heterocycles. The van der Waals surface area contributed by atoms with Crippen LogP contribution in [0.1, 0.15) is 64.4 Å². The van der Waals surface area contributed by atoms with Gasteiger partial charge in [0.2, 0.25) is 0 Å². The number of aryl methyl sites for hydroxylation is 1. The molecule has 1 saturated carbocycles. The van der Waals surface area contributed by atoms with Crippen LogP contribution in [0.5, 0.6) is 0 Å². The van der Waals surface area contributed by atoms with E-state index in [0.717, 1.165) is 6.54 Å². The van der Waals surface area contributed by atoms with Crippen LogP contribution >= 0.6 is 0 Å². The average molecular weight is 273 g/mol. The average Bonchev–Trinajstić information content (AvgIpc) is 2.47. The third-order valence-corrected chi connectivity index (χ3v) is 5.06. The first kappa shape index (κ1) is 15.4. The molecule has 0 atom stereocenters. The van der Waals surface area contributed by atoms with Crippen LogP contribution < -0.4 is 4.90 Å². The first-order valence-corrected chi connectivity index (χ1v) is 8.51. The zero-order valence-electron chi connectivity index (χ0n) is 13.6. The molecule has 20 heavy (non-hydrogen) atoms. The van der Waals surface area contributed by atoms with Gasteiger partial charge in [0.05, 0.1) is 0 Å². The zero-order chi connectivity index (χ0) is 14.4. The standard InChI is InChI=1S/C19H31N/c1-4-13-19(14-9-6-10-15-19)16-20(5-2)18-12-8-7-11-17(18)3/h7-8,11-12H,4-6,9-10,13-16H2,1-3H3. The van der Waals surface area contributed by atoms with E-state index in [4.69, 9.17) is 0 Å². The molecule has 0 heterocycles. The van der Waals surface area contributed by atoms with Gasteiger partial charge in [-0.2, -0.15) is 0 Å². The summed E-state index contributed by atoms with van der Waals surface area (Å²) < 4.78 is 0. The molecule has 0 radical (unpaired) electrons. The molecule has 112 valence electrons. The fraction of sp³-hybridized carbons (Fsp3) is 0.684. The van der Waals surface area contributed by atoms with Crippen molar-refractivity contribution in [3.63, 3.8) is 0 Å². The van der Waals surface area contributed by atoms with E-state index in [9.17, 15) is 0 Å². The molecule has 1 fully saturated rings. The number of rotatable bonds is 6. The van der Waals surface area contributed by atoms with Crippen LogP contribution in [-0.4, -0.2) is 13.1 Å². The Kier molecular flexibility index (Phi) is 5.51. The molecule has 0 saturated heterocycles. The molecule has 0 amide bonds. The number of anilines is 1. The maximum atomic E-state index is 2.62. The molecule has 0 bridgehead atoms. The highest BCUT2D eigenvalue weighted by molar-refractivity contribution is 5.53. The van der Waals surface area contributed by atoms with Crippen molar-refractivity contribution in [3.05, 3.63) is 29.8 Å². The van der Waals surface area contributed by atoms with Crippen molar-refractivity contribution in [2.24, 2.45) is 5.41 Å². The van der Waals surface area contributed by atoms with Gasteiger partial charge in [0.25, 0.3) is 0 Å². The van der Waals surface area contributed by atoms with Crippen LogP contribution in [0.3, 0.4) is 0 Å². The summed E-state index contributed by atoms with van der Waals surface area (Å²) in [4.78, 5) is 2.62. The van der Waals surface area contributed by atoms with E-state index in [1.165, 1.54) is 62.7 Å². The summed E-state index contributed by atoms with van der Waals surface area (Å²) in [5.74, 6) is 0. The van der Waals surface area contributed by atoms with Gasteiger partial charge in [0.1, 0.15) is 0 Å². The van der Waals surface area contributed by atoms with Crippen LogP contribution in [0.15, 0.2) is 24.3 Å². The van der Waals surface area contributed by atoms with E-state index in [1.807, 2.05) is 0 Å². The topological polar surface area (TPSA) is 3.24 Å². The van der Waals surface area contributed by atoms with E-state index in [0.29, 0.717) is 5.41 Å². The summed E-state index contributed by atoms with van der Waals surface area (Å²) in [7, 11) is 0. The lowest BCUT2D eigenvalue weighted by atomic mass is 9.71. The summed E-state index contributed by atoms with van der Waals surface area (Å²) in [5.41, 5.74) is 3.43. The molecular formula is C19H31N. The Balaban J connectivity index is 2.16. The van der Waals surface area contributed by atoms with Gasteiger partial charge in [-0.3, -0.25) is 0 Å². The van der Waals surface area contributed by atoms with Crippen molar-refractivity contribution < 1.29 is 0 Å². The second kappa shape index (κ2) is 7.15. The minimum absolute atomic E-state index is 0.575. The molecular weight excluding hydrogens is 242 g/mol. The van der Waals surface area contributed by atoms with Gasteiger partial charge in [0.15, 0.2) is 0 Å². The number of nitrogens with zero attached hydrogens (tertiary/aromatic N) is 1. The molecule has 1 aliphatic rings. The Labute approximate surface area is 125 Å². The molecule has 1 aromatic carbocycles. The Bertz CT molecular complexity index is 398. The molecule has 0 N–H and O–H groups in total. The molecule has 1 heteroatoms. The lowest BCUT2D eigenvalue weighted by Crippen LogP contribution is -2.39. The smallest absolute Gasteiger partial charge is 0.0395 e. The minimum atomic E-state index is 0.575. The van der Waals surface area contributed by atoms with Crippen molar-refractivity contribution >= 4 is 5.69 Å². The fourth-order valence-corrected chi connectivity index (χ4v) is 4.01. The van der Waals surface area contributed by atoms with E-state index in [1.54, 1.807) is 0 Å². The number of benzene rings is 1. The van der Waals surface area contributed by atoms with Crippen molar-refractivity contribution in [1.82, 2.24) is 0 Å². The number of para-hydroxylation sites is 1. The summed E-state index contributed by atoms with van der Waals surface area (Å²) in [6.07, 6.45) is 9.91. The predicted molar refractivity (Wildman–Crippen MR) is 89.5 cm³/mol. The first-order chi connectivity index (χ1) is 9.71. The predicted octanol–water partition coefficient (Wildman–Crippen LogP) is 5.57. The van der Waals surface area contributed by atoms with Crippen molar-refractivity contribution in [2.45, 2.75) is 65.7 Å². The van der Waals surface area contributed by atoms with E-state index < -0.39 is 0 Å². The monoisotopic (exact) mass is 273 g/mol. The van der Waals surface area contributed by atoms with Crippen LogP contribution in [0.2, 0.25) is 0 Å². The number of hydrogen-bond acceptors (Lipinski definition) is 1. The fourth-order valence-electron chi connectivity index (χ4n) is 4.01. The molecule has 0 unspecified atom stereocenters. The SMILES string of the molecule is CCCC1(CN(CC)c2ccccc2C)CCCCC1. The Morgan fingerprint density at radius 1 is 1.05 bits per heavy atom. The first-order valence-electron chi connectivity index (χ1n) is 8.51. The Hall–Kier alpha value is -0.980. The van der Waals surface area contributed by atoms with Crippen LogP contribution in [-0.2, 0) is 0 Å². The maximum Gasteiger partial charge on any atom is 0.0395 e. The lowest BCUT2D eigenvalue weighted by Gasteiger charge is -2.42. The summed E-state index contributed by atoms with van der Waals surface area (Å²) >= 11 is 0. The third kappa shape index (κ3) is 3.56.